The predicted octanol–water partition coefficient (Wildman–Crippen LogP) is 3.29. The predicted molar refractivity (Wildman–Crippen MR) is 87.2 cm³/mol. The van der Waals surface area contributed by atoms with Crippen molar-refractivity contribution in [2.24, 2.45) is 0 Å². The van der Waals surface area contributed by atoms with E-state index in [2.05, 4.69) is 51.8 Å². The summed E-state index contributed by atoms with van der Waals surface area (Å²) in [5.41, 5.74) is 5.07. The lowest BCUT2D eigenvalue weighted by Gasteiger charge is -2.08. The molecule has 3 aromatic rings. The van der Waals surface area contributed by atoms with Gasteiger partial charge in [-0.2, -0.15) is 5.10 Å². The molecule has 1 N–H and O–H groups in total. The third-order valence-corrected chi connectivity index (χ3v) is 4.79. The molecule has 3 nitrogen and oxygen atoms in total. The molecule has 21 heavy (non-hydrogen) atoms. The Balaban J connectivity index is 1.94. The van der Waals surface area contributed by atoms with E-state index in [1.807, 2.05) is 6.07 Å². The number of benzene rings is 1. The number of thiophene rings is 1. The second-order valence-electron chi connectivity index (χ2n) is 5.25. The van der Waals surface area contributed by atoms with Crippen molar-refractivity contribution >= 4 is 11.3 Å². The highest BCUT2D eigenvalue weighted by atomic mass is 32.1. The number of para-hydroxylation sites is 1. The van der Waals surface area contributed by atoms with Crippen LogP contribution in [0.4, 0.5) is 0 Å². The highest BCUT2D eigenvalue weighted by Gasteiger charge is 2.21. The van der Waals surface area contributed by atoms with Gasteiger partial charge in [-0.3, -0.25) is 0 Å². The molecule has 0 unspecified atom stereocenters. The van der Waals surface area contributed by atoms with E-state index >= 15 is 0 Å². The highest BCUT2D eigenvalue weighted by Crippen LogP contribution is 2.33. The molecule has 1 aliphatic rings. The van der Waals surface area contributed by atoms with Crippen molar-refractivity contribution in [1.82, 2.24) is 15.1 Å². The zero-order chi connectivity index (χ0) is 14.1. The largest absolute Gasteiger partial charge is 0.316 e. The number of nitrogens with zero attached hydrogens (tertiary/aromatic N) is 2. The Morgan fingerprint density at radius 3 is 2.67 bits per heavy atom. The molecule has 4 heteroatoms. The van der Waals surface area contributed by atoms with Crippen molar-refractivity contribution in [2.45, 2.75) is 12.8 Å². The second-order valence-corrected chi connectivity index (χ2v) is 6.20. The summed E-state index contributed by atoms with van der Waals surface area (Å²) < 4.78 is 2.13. The van der Waals surface area contributed by atoms with Crippen LogP contribution in [0.5, 0.6) is 0 Å². The molecule has 0 saturated carbocycles. The monoisotopic (exact) mass is 295 g/mol. The van der Waals surface area contributed by atoms with E-state index in [4.69, 9.17) is 5.10 Å². The van der Waals surface area contributed by atoms with Crippen molar-refractivity contribution in [3.8, 4) is 16.3 Å². The molecular formula is C17H17N3S. The molecule has 0 spiro atoms. The smallest absolute Gasteiger partial charge is 0.0876 e. The number of nitrogens with one attached hydrogen (secondary N) is 1. The molecular weight excluding hydrogens is 278 g/mol. The number of hydrogen-bond donors (Lipinski definition) is 1. The van der Waals surface area contributed by atoms with Crippen LogP contribution in [0.25, 0.3) is 16.3 Å². The Kier molecular flexibility index (Phi) is 3.33. The van der Waals surface area contributed by atoms with E-state index in [9.17, 15) is 0 Å². The van der Waals surface area contributed by atoms with Crippen LogP contribution < -0.4 is 5.32 Å². The zero-order valence-corrected chi connectivity index (χ0v) is 12.6. The lowest BCUT2D eigenvalue weighted by atomic mass is 10.1. The molecule has 0 radical (unpaired) electrons. The molecule has 0 amide bonds. The summed E-state index contributed by atoms with van der Waals surface area (Å²) in [6.07, 6.45) is 2.06. The third kappa shape index (κ3) is 2.30. The lowest BCUT2D eigenvalue weighted by molar-refractivity contribution is 0.697. The quantitative estimate of drug-likeness (QED) is 0.786. The van der Waals surface area contributed by atoms with Gasteiger partial charge in [0.1, 0.15) is 0 Å². The molecule has 1 aromatic carbocycles. The Morgan fingerprint density at radius 1 is 1.00 bits per heavy atom. The van der Waals surface area contributed by atoms with Crippen LogP contribution in [-0.4, -0.2) is 22.9 Å². The summed E-state index contributed by atoms with van der Waals surface area (Å²) in [7, 11) is 0. The van der Waals surface area contributed by atoms with E-state index < -0.39 is 0 Å². The topological polar surface area (TPSA) is 29.9 Å². The van der Waals surface area contributed by atoms with Crippen molar-refractivity contribution < 1.29 is 0 Å². The third-order valence-electron chi connectivity index (χ3n) is 3.91. The van der Waals surface area contributed by atoms with Gasteiger partial charge in [0.2, 0.25) is 0 Å². The molecule has 0 aliphatic carbocycles. The first-order chi connectivity index (χ1) is 10.4. The lowest BCUT2D eigenvalue weighted by Crippen LogP contribution is -2.17. The van der Waals surface area contributed by atoms with Gasteiger partial charge in [0, 0.05) is 18.5 Å². The van der Waals surface area contributed by atoms with E-state index in [0.717, 1.165) is 31.6 Å². The Labute approximate surface area is 128 Å². The molecule has 3 heterocycles. The summed E-state index contributed by atoms with van der Waals surface area (Å²) in [6.45, 7) is 2.05. The molecule has 4 rings (SSSR count). The van der Waals surface area contributed by atoms with Gasteiger partial charge < -0.3 is 5.32 Å². The van der Waals surface area contributed by atoms with E-state index in [0.29, 0.717) is 0 Å². The van der Waals surface area contributed by atoms with Crippen LogP contribution in [-0.2, 0) is 12.8 Å². The van der Waals surface area contributed by atoms with Crippen molar-refractivity contribution in [3.05, 3.63) is 59.1 Å². The van der Waals surface area contributed by atoms with Gasteiger partial charge in [0.25, 0.3) is 0 Å². The van der Waals surface area contributed by atoms with Crippen LogP contribution in [0, 0.1) is 0 Å². The minimum Gasteiger partial charge on any atom is -0.316 e. The Hall–Kier alpha value is -1.91. The van der Waals surface area contributed by atoms with Gasteiger partial charge >= 0.3 is 0 Å². The zero-order valence-electron chi connectivity index (χ0n) is 11.7. The summed E-state index contributed by atoms with van der Waals surface area (Å²) in [5.74, 6) is 0. The van der Waals surface area contributed by atoms with E-state index in [1.165, 1.54) is 21.8 Å². The average molecular weight is 295 g/mol. The van der Waals surface area contributed by atoms with Crippen molar-refractivity contribution in [3.63, 3.8) is 0 Å². The fourth-order valence-corrected chi connectivity index (χ4v) is 3.71. The van der Waals surface area contributed by atoms with Crippen molar-refractivity contribution in [1.29, 1.82) is 0 Å². The number of hydrogen-bond acceptors (Lipinski definition) is 3. The van der Waals surface area contributed by atoms with Crippen LogP contribution >= 0.6 is 11.3 Å². The molecule has 0 fully saturated rings. The van der Waals surface area contributed by atoms with E-state index in [-0.39, 0.29) is 0 Å². The Morgan fingerprint density at radius 2 is 1.86 bits per heavy atom. The van der Waals surface area contributed by atoms with E-state index in [1.54, 1.807) is 11.3 Å². The maximum absolute atomic E-state index is 4.92. The van der Waals surface area contributed by atoms with Gasteiger partial charge in [0.15, 0.2) is 0 Å². The van der Waals surface area contributed by atoms with Gasteiger partial charge in [-0.05, 0) is 36.5 Å². The van der Waals surface area contributed by atoms with Gasteiger partial charge in [-0.1, -0.05) is 24.3 Å². The van der Waals surface area contributed by atoms with Crippen LogP contribution in [0.1, 0.15) is 11.3 Å². The highest BCUT2D eigenvalue weighted by molar-refractivity contribution is 7.13. The van der Waals surface area contributed by atoms with Gasteiger partial charge in [-0.25, -0.2) is 4.68 Å². The molecule has 0 bridgehead atoms. The maximum Gasteiger partial charge on any atom is 0.0876 e. The van der Waals surface area contributed by atoms with Gasteiger partial charge in [-0.15, -0.1) is 11.3 Å². The molecule has 2 aromatic heterocycles. The van der Waals surface area contributed by atoms with Crippen LogP contribution in [0.3, 0.4) is 0 Å². The molecule has 0 atom stereocenters. The second kappa shape index (κ2) is 5.47. The molecule has 106 valence electrons. The summed E-state index contributed by atoms with van der Waals surface area (Å²) in [5, 5.41) is 10.5. The fraction of sp³-hybridized carbons (Fsp3) is 0.235. The number of fused-ring (bicyclic) bond motifs is 1. The van der Waals surface area contributed by atoms with Crippen LogP contribution in [0.15, 0.2) is 47.8 Å². The average Bonchev–Trinajstić information content (AvgIpc) is 3.11. The summed E-state index contributed by atoms with van der Waals surface area (Å²) >= 11 is 1.79. The SMILES string of the molecule is c1ccc(-n2nc3c(c2-c2cccs2)CCNCC3)cc1. The van der Waals surface area contributed by atoms with Crippen molar-refractivity contribution in [2.75, 3.05) is 13.1 Å². The maximum atomic E-state index is 4.92. The minimum absolute atomic E-state index is 1.01. The Bertz CT molecular complexity index is 729. The van der Waals surface area contributed by atoms with Crippen LogP contribution in [0.2, 0.25) is 0 Å². The first-order valence-corrected chi connectivity index (χ1v) is 8.22. The summed E-state index contributed by atoms with van der Waals surface area (Å²) in [4.78, 5) is 1.30. The van der Waals surface area contributed by atoms with Gasteiger partial charge in [0.05, 0.1) is 22.0 Å². The first kappa shape index (κ1) is 12.8. The normalized spacial score (nSPS) is 14.7. The molecule has 1 aliphatic heterocycles. The molecule has 0 saturated heterocycles. The number of rotatable bonds is 2. The fourth-order valence-electron chi connectivity index (χ4n) is 2.93. The first-order valence-electron chi connectivity index (χ1n) is 7.34. The standard InChI is InChI=1S/C17H17N3S/c1-2-5-13(6-3-1)20-17(16-7-4-12-21-16)14-8-10-18-11-9-15(14)19-20/h1-7,12,18H,8-11H2. The number of aromatic nitrogens is 2. The summed E-state index contributed by atoms with van der Waals surface area (Å²) in [6, 6.07) is 14.8. The minimum atomic E-state index is 1.01.